The predicted octanol–water partition coefficient (Wildman–Crippen LogP) is 3.54. The number of nitrogens with one attached hydrogen (secondary N) is 1. The zero-order valence-electron chi connectivity index (χ0n) is 17.2. The van der Waals surface area contributed by atoms with Crippen molar-refractivity contribution in [3.63, 3.8) is 0 Å². The van der Waals surface area contributed by atoms with Crippen LogP contribution in [0.3, 0.4) is 0 Å². The van der Waals surface area contributed by atoms with Crippen molar-refractivity contribution >= 4 is 27.5 Å². The number of halogens is 1. The first-order valence-corrected chi connectivity index (χ1v) is 12.1. The zero-order chi connectivity index (χ0) is 21.5. The lowest BCUT2D eigenvalue weighted by atomic mass is 9.71. The van der Waals surface area contributed by atoms with E-state index in [-0.39, 0.29) is 22.3 Å². The van der Waals surface area contributed by atoms with Gasteiger partial charge in [0.25, 0.3) is 0 Å². The predicted molar refractivity (Wildman–Crippen MR) is 113 cm³/mol. The van der Waals surface area contributed by atoms with Crippen LogP contribution in [-0.4, -0.2) is 36.9 Å². The van der Waals surface area contributed by atoms with Crippen LogP contribution in [0.5, 0.6) is 0 Å². The molecule has 1 aromatic heterocycles. The molecule has 2 heterocycles. The summed E-state index contributed by atoms with van der Waals surface area (Å²) in [5.74, 6) is 0.0900. The van der Waals surface area contributed by atoms with Gasteiger partial charge in [0.1, 0.15) is 10.6 Å². The normalized spacial score (nSPS) is 20.0. The average molecular weight is 452 g/mol. The van der Waals surface area contributed by atoms with Crippen molar-refractivity contribution in [2.75, 3.05) is 13.1 Å². The Morgan fingerprint density at radius 1 is 1.20 bits per heavy atom. The van der Waals surface area contributed by atoms with Crippen molar-refractivity contribution in [2.45, 2.75) is 56.4 Å². The fourth-order valence-electron chi connectivity index (χ4n) is 4.45. The molecule has 2 aliphatic rings. The number of benzene rings is 1. The van der Waals surface area contributed by atoms with Crippen molar-refractivity contribution in [2.24, 2.45) is 5.92 Å². The van der Waals surface area contributed by atoms with Gasteiger partial charge in [-0.25, -0.2) is 8.42 Å². The van der Waals surface area contributed by atoms with Gasteiger partial charge in [0.2, 0.25) is 15.9 Å². The fourth-order valence-corrected chi connectivity index (χ4v) is 6.34. The van der Waals surface area contributed by atoms with Crippen LogP contribution in [0.2, 0.25) is 5.02 Å². The van der Waals surface area contributed by atoms with E-state index in [1.165, 1.54) is 4.31 Å². The van der Waals surface area contributed by atoms with Crippen molar-refractivity contribution in [1.29, 1.82) is 0 Å². The summed E-state index contributed by atoms with van der Waals surface area (Å²) in [5.41, 5.74) is 1.11. The second-order valence-electron chi connectivity index (χ2n) is 8.26. The summed E-state index contributed by atoms with van der Waals surface area (Å²) in [6.45, 7) is 3.83. The summed E-state index contributed by atoms with van der Waals surface area (Å²) in [4.78, 5) is 13.2. The molecule has 2 aromatic rings. The van der Waals surface area contributed by atoms with Crippen LogP contribution in [0.1, 0.15) is 49.1 Å². The van der Waals surface area contributed by atoms with Crippen LogP contribution < -0.4 is 5.32 Å². The number of carbonyl (C=O) groups excluding carboxylic acids is 1. The van der Waals surface area contributed by atoms with Gasteiger partial charge >= 0.3 is 0 Å². The van der Waals surface area contributed by atoms with Crippen LogP contribution in [0, 0.1) is 19.8 Å². The largest absolute Gasteiger partial charge is 0.360 e. The lowest BCUT2D eigenvalue weighted by Gasteiger charge is -2.44. The summed E-state index contributed by atoms with van der Waals surface area (Å²) in [7, 11) is -3.67. The minimum absolute atomic E-state index is 0.000892. The van der Waals surface area contributed by atoms with E-state index in [2.05, 4.69) is 10.5 Å². The molecule has 0 spiro atoms. The summed E-state index contributed by atoms with van der Waals surface area (Å²) < 4.78 is 32.4. The van der Waals surface area contributed by atoms with E-state index in [0.717, 1.165) is 24.8 Å². The molecular formula is C21H26ClN3O4S. The van der Waals surface area contributed by atoms with E-state index in [1.54, 1.807) is 13.8 Å². The highest BCUT2D eigenvalue weighted by molar-refractivity contribution is 7.89. The lowest BCUT2D eigenvalue weighted by molar-refractivity contribution is -0.129. The van der Waals surface area contributed by atoms with Crippen molar-refractivity contribution in [3.05, 3.63) is 46.3 Å². The Morgan fingerprint density at radius 3 is 2.33 bits per heavy atom. The van der Waals surface area contributed by atoms with Crippen LogP contribution in [-0.2, 0) is 20.4 Å². The maximum Gasteiger partial charge on any atom is 0.248 e. The Hall–Kier alpha value is -1.90. The lowest BCUT2D eigenvalue weighted by Crippen LogP contribution is -2.53. The second kappa shape index (κ2) is 7.98. The number of amides is 1. The number of rotatable bonds is 5. The Morgan fingerprint density at radius 2 is 1.83 bits per heavy atom. The molecule has 1 aliphatic carbocycles. The highest BCUT2D eigenvalue weighted by Crippen LogP contribution is 2.42. The minimum atomic E-state index is -3.67. The molecule has 1 aliphatic heterocycles. The molecule has 0 bridgehead atoms. The summed E-state index contributed by atoms with van der Waals surface area (Å²) in [6.07, 6.45) is 3.85. The van der Waals surface area contributed by atoms with E-state index < -0.39 is 10.0 Å². The third kappa shape index (κ3) is 3.76. The number of aryl methyl sites for hydroxylation is 2. The van der Waals surface area contributed by atoms with E-state index in [4.69, 9.17) is 16.1 Å². The van der Waals surface area contributed by atoms with Gasteiger partial charge in [-0.15, -0.1) is 0 Å². The molecule has 1 N–H and O–H groups in total. The zero-order valence-corrected chi connectivity index (χ0v) is 18.7. The highest BCUT2D eigenvalue weighted by atomic mass is 35.5. The number of hydrogen-bond acceptors (Lipinski definition) is 5. The topological polar surface area (TPSA) is 92.5 Å². The highest BCUT2D eigenvalue weighted by Gasteiger charge is 2.42. The number of hydrogen-bond donors (Lipinski definition) is 1. The Bertz CT molecular complexity index is 1020. The van der Waals surface area contributed by atoms with Crippen molar-refractivity contribution in [3.8, 4) is 0 Å². The third-order valence-corrected chi connectivity index (χ3v) is 8.75. The Labute approximate surface area is 181 Å². The van der Waals surface area contributed by atoms with Crippen molar-refractivity contribution < 1.29 is 17.7 Å². The van der Waals surface area contributed by atoms with E-state index in [1.807, 2.05) is 24.3 Å². The molecule has 1 aromatic carbocycles. The fraction of sp³-hybridized carbons (Fsp3) is 0.524. The van der Waals surface area contributed by atoms with Gasteiger partial charge in [-0.2, -0.15) is 4.31 Å². The van der Waals surface area contributed by atoms with Gasteiger partial charge in [-0.3, -0.25) is 4.79 Å². The third-order valence-electron chi connectivity index (χ3n) is 6.36. The van der Waals surface area contributed by atoms with Crippen LogP contribution >= 0.6 is 11.6 Å². The maximum atomic E-state index is 13.0. The monoisotopic (exact) mass is 451 g/mol. The Kier molecular flexibility index (Phi) is 5.67. The van der Waals surface area contributed by atoms with Crippen molar-refractivity contribution in [1.82, 2.24) is 14.8 Å². The number of sulfonamides is 1. The Balaban J connectivity index is 1.42. The maximum absolute atomic E-state index is 13.0. The molecule has 0 radical (unpaired) electrons. The van der Waals surface area contributed by atoms with Gasteiger partial charge in [-0.1, -0.05) is 28.9 Å². The first kappa shape index (κ1) is 21.3. The van der Waals surface area contributed by atoms with Gasteiger partial charge < -0.3 is 9.84 Å². The van der Waals surface area contributed by atoms with Crippen LogP contribution in [0.4, 0.5) is 0 Å². The molecule has 1 amide bonds. The number of piperidine rings is 1. The minimum Gasteiger partial charge on any atom is -0.360 e. The van der Waals surface area contributed by atoms with Gasteiger partial charge in [0.05, 0.1) is 5.54 Å². The number of aromatic nitrogens is 1. The smallest absolute Gasteiger partial charge is 0.248 e. The van der Waals surface area contributed by atoms with Gasteiger partial charge in [-0.05, 0) is 63.6 Å². The molecule has 162 valence electrons. The van der Waals surface area contributed by atoms with Crippen LogP contribution in [0.25, 0.3) is 0 Å². The average Bonchev–Trinajstić information content (AvgIpc) is 3.04. The molecule has 4 rings (SSSR count). The molecule has 7 nitrogen and oxygen atoms in total. The first-order chi connectivity index (χ1) is 14.2. The summed E-state index contributed by atoms with van der Waals surface area (Å²) in [5, 5.41) is 7.69. The number of carbonyl (C=O) groups is 1. The molecule has 1 saturated heterocycles. The SMILES string of the molecule is Cc1noc(C)c1S(=O)(=O)N1CCC(C(=O)NC2(c3ccc(Cl)cc3)CCC2)CC1. The molecule has 0 unspecified atom stereocenters. The standard InChI is InChI=1S/C21H26ClN3O4S/c1-14-19(15(2)29-24-14)30(27,28)25-12-8-16(9-13-25)20(26)23-21(10-3-11-21)17-4-6-18(22)7-5-17/h4-7,16H,3,8-13H2,1-2H3,(H,23,26). The van der Waals surface area contributed by atoms with Gasteiger partial charge in [0, 0.05) is 24.0 Å². The molecule has 30 heavy (non-hydrogen) atoms. The quantitative estimate of drug-likeness (QED) is 0.750. The van der Waals surface area contributed by atoms with E-state index in [9.17, 15) is 13.2 Å². The molecule has 1 saturated carbocycles. The molecule has 9 heteroatoms. The first-order valence-electron chi connectivity index (χ1n) is 10.2. The van der Waals surface area contributed by atoms with Crippen LogP contribution in [0.15, 0.2) is 33.7 Å². The number of nitrogens with zero attached hydrogens (tertiary/aromatic N) is 2. The second-order valence-corrected chi connectivity index (χ2v) is 10.6. The van der Waals surface area contributed by atoms with Gasteiger partial charge in [0.15, 0.2) is 5.76 Å². The molecular weight excluding hydrogens is 426 g/mol. The molecule has 0 atom stereocenters. The van der Waals surface area contributed by atoms with E-state index in [0.29, 0.717) is 42.4 Å². The summed E-state index contributed by atoms with van der Waals surface area (Å²) >= 11 is 6.01. The van der Waals surface area contributed by atoms with E-state index >= 15 is 0 Å². The molecule has 2 fully saturated rings. The summed E-state index contributed by atoms with van der Waals surface area (Å²) in [6, 6.07) is 7.64.